The van der Waals surface area contributed by atoms with E-state index in [1.165, 1.54) is 6.20 Å². The number of carbonyl (C=O) groups is 1. The number of nitrogens with one attached hydrogen (secondary N) is 1. The monoisotopic (exact) mass is 210 g/mol. The Morgan fingerprint density at radius 2 is 2.67 bits per heavy atom. The minimum absolute atomic E-state index is 0.0227. The maximum Gasteiger partial charge on any atom is 0.257 e. The number of aromatic amines is 1. The van der Waals surface area contributed by atoms with Crippen molar-refractivity contribution in [3.05, 3.63) is 18.0 Å². The Morgan fingerprint density at radius 1 is 1.80 bits per heavy atom. The van der Waals surface area contributed by atoms with Crippen molar-refractivity contribution in [1.82, 2.24) is 15.1 Å². The van der Waals surface area contributed by atoms with E-state index in [9.17, 15) is 4.79 Å². The Labute approximate surface area is 87.4 Å². The Hall–Kier alpha value is -1.40. The molecule has 1 amide bonds. The SMILES string of the molecule is NCC1CN(C(=O)c2cn[nH]c2)CCO1. The molecule has 1 aliphatic heterocycles. The summed E-state index contributed by atoms with van der Waals surface area (Å²) in [6, 6.07) is 0. The molecule has 3 N–H and O–H groups in total. The van der Waals surface area contributed by atoms with Crippen molar-refractivity contribution in [2.45, 2.75) is 6.10 Å². The number of hydrogen-bond acceptors (Lipinski definition) is 4. The maximum atomic E-state index is 11.9. The predicted octanol–water partition coefficient (Wildman–Crippen LogP) is -0.791. The van der Waals surface area contributed by atoms with Crippen LogP contribution >= 0.6 is 0 Å². The van der Waals surface area contributed by atoms with Crippen molar-refractivity contribution in [2.24, 2.45) is 5.73 Å². The lowest BCUT2D eigenvalue weighted by molar-refractivity contribution is -0.0167. The van der Waals surface area contributed by atoms with Crippen LogP contribution in [0.4, 0.5) is 0 Å². The third kappa shape index (κ3) is 2.16. The quantitative estimate of drug-likeness (QED) is 0.670. The van der Waals surface area contributed by atoms with Crippen LogP contribution in [0.15, 0.2) is 12.4 Å². The standard InChI is InChI=1S/C9H14N4O2/c10-3-8-6-13(1-2-15-8)9(14)7-4-11-12-5-7/h4-5,8H,1-3,6,10H2,(H,11,12). The minimum atomic E-state index is -0.0467. The van der Waals surface area contributed by atoms with Crippen LogP contribution < -0.4 is 5.73 Å². The van der Waals surface area contributed by atoms with E-state index in [0.717, 1.165) is 0 Å². The maximum absolute atomic E-state index is 11.9. The van der Waals surface area contributed by atoms with Gasteiger partial charge < -0.3 is 15.4 Å². The molecule has 1 aromatic heterocycles. The van der Waals surface area contributed by atoms with Gasteiger partial charge in [-0.3, -0.25) is 9.89 Å². The fraction of sp³-hybridized carbons (Fsp3) is 0.556. The smallest absolute Gasteiger partial charge is 0.257 e. The zero-order chi connectivity index (χ0) is 10.7. The van der Waals surface area contributed by atoms with Gasteiger partial charge in [-0.1, -0.05) is 0 Å². The Balaban J connectivity index is 2.01. The molecule has 2 rings (SSSR count). The molecule has 0 bridgehead atoms. The molecule has 2 heterocycles. The summed E-state index contributed by atoms with van der Waals surface area (Å²) in [6.45, 7) is 2.15. The number of amides is 1. The summed E-state index contributed by atoms with van der Waals surface area (Å²) in [5.41, 5.74) is 6.08. The van der Waals surface area contributed by atoms with Gasteiger partial charge >= 0.3 is 0 Å². The van der Waals surface area contributed by atoms with Crippen LogP contribution in [0.2, 0.25) is 0 Å². The third-order valence-corrected chi connectivity index (χ3v) is 2.43. The molecule has 6 heteroatoms. The Kier molecular flexibility index (Phi) is 2.98. The summed E-state index contributed by atoms with van der Waals surface area (Å²) < 4.78 is 5.38. The lowest BCUT2D eigenvalue weighted by Gasteiger charge is -2.32. The average Bonchev–Trinajstić information content (AvgIpc) is 2.81. The minimum Gasteiger partial charge on any atom is -0.373 e. The van der Waals surface area contributed by atoms with Gasteiger partial charge in [0.2, 0.25) is 0 Å². The molecule has 1 unspecified atom stereocenters. The van der Waals surface area contributed by atoms with Crippen LogP contribution in [-0.2, 0) is 4.74 Å². The van der Waals surface area contributed by atoms with Gasteiger partial charge in [0.15, 0.2) is 0 Å². The molecule has 1 aliphatic rings. The van der Waals surface area contributed by atoms with Crippen LogP contribution in [-0.4, -0.2) is 53.3 Å². The highest BCUT2D eigenvalue weighted by molar-refractivity contribution is 5.93. The van der Waals surface area contributed by atoms with Crippen LogP contribution in [0.1, 0.15) is 10.4 Å². The number of nitrogens with zero attached hydrogens (tertiary/aromatic N) is 2. The summed E-state index contributed by atoms with van der Waals surface area (Å²) in [5.74, 6) is -0.0227. The number of H-pyrrole nitrogens is 1. The molecule has 0 spiro atoms. The first kappa shape index (κ1) is 10.1. The van der Waals surface area contributed by atoms with Crippen LogP contribution in [0, 0.1) is 0 Å². The van der Waals surface area contributed by atoms with E-state index >= 15 is 0 Å². The highest BCUT2D eigenvalue weighted by atomic mass is 16.5. The molecule has 0 radical (unpaired) electrons. The number of rotatable bonds is 2. The molecular weight excluding hydrogens is 196 g/mol. The van der Waals surface area contributed by atoms with Crippen molar-refractivity contribution in [2.75, 3.05) is 26.2 Å². The highest BCUT2D eigenvalue weighted by Crippen LogP contribution is 2.08. The van der Waals surface area contributed by atoms with Gasteiger partial charge in [0.1, 0.15) is 0 Å². The molecule has 82 valence electrons. The van der Waals surface area contributed by atoms with E-state index in [1.807, 2.05) is 0 Å². The van der Waals surface area contributed by atoms with Crippen molar-refractivity contribution < 1.29 is 9.53 Å². The predicted molar refractivity (Wildman–Crippen MR) is 53.3 cm³/mol. The highest BCUT2D eigenvalue weighted by Gasteiger charge is 2.24. The lowest BCUT2D eigenvalue weighted by atomic mass is 10.2. The number of ether oxygens (including phenoxy) is 1. The molecule has 0 aromatic carbocycles. The second-order valence-electron chi connectivity index (χ2n) is 3.47. The first-order chi connectivity index (χ1) is 7.31. The van der Waals surface area contributed by atoms with Crippen LogP contribution in [0.25, 0.3) is 0 Å². The molecular formula is C9H14N4O2. The summed E-state index contributed by atoms with van der Waals surface area (Å²) in [5, 5.41) is 6.37. The average molecular weight is 210 g/mol. The largest absolute Gasteiger partial charge is 0.373 e. The Bertz CT molecular complexity index is 325. The van der Waals surface area contributed by atoms with Gasteiger partial charge in [0, 0.05) is 25.8 Å². The summed E-state index contributed by atoms with van der Waals surface area (Å²) in [4.78, 5) is 13.6. The van der Waals surface area contributed by atoms with Gasteiger partial charge in [0.05, 0.1) is 24.5 Å². The molecule has 1 fully saturated rings. The first-order valence-corrected chi connectivity index (χ1v) is 4.91. The van der Waals surface area contributed by atoms with E-state index in [4.69, 9.17) is 10.5 Å². The normalized spacial score (nSPS) is 21.7. The van der Waals surface area contributed by atoms with Crippen molar-refractivity contribution in [3.8, 4) is 0 Å². The summed E-state index contributed by atoms with van der Waals surface area (Å²) in [7, 11) is 0. The van der Waals surface area contributed by atoms with Gasteiger partial charge in [0.25, 0.3) is 5.91 Å². The van der Waals surface area contributed by atoms with E-state index < -0.39 is 0 Å². The molecule has 0 saturated carbocycles. The summed E-state index contributed by atoms with van der Waals surface area (Å²) in [6.07, 6.45) is 3.07. The zero-order valence-electron chi connectivity index (χ0n) is 8.35. The number of aromatic nitrogens is 2. The third-order valence-electron chi connectivity index (χ3n) is 2.43. The van der Waals surface area contributed by atoms with Crippen LogP contribution in [0.3, 0.4) is 0 Å². The fourth-order valence-electron chi connectivity index (χ4n) is 1.60. The second kappa shape index (κ2) is 4.41. The van der Waals surface area contributed by atoms with Gasteiger partial charge in [-0.15, -0.1) is 0 Å². The number of nitrogens with two attached hydrogens (primary N) is 1. The Morgan fingerprint density at radius 3 is 3.33 bits per heavy atom. The lowest BCUT2D eigenvalue weighted by Crippen LogP contribution is -2.48. The van der Waals surface area contributed by atoms with Crippen molar-refractivity contribution in [1.29, 1.82) is 0 Å². The molecule has 6 nitrogen and oxygen atoms in total. The van der Waals surface area contributed by atoms with E-state index in [2.05, 4.69) is 10.2 Å². The molecule has 0 aliphatic carbocycles. The molecule has 1 aromatic rings. The summed E-state index contributed by atoms with van der Waals surface area (Å²) >= 11 is 0. The number of hydrogen-bond donors (Lipinski definition) is 2. The van der Waals surface area contributed by atoms with E-state index in [-0.39, 0.29) is 12.0 Å². The topological polar surface area (TPSA) is 84.2 Å². The van der Waals surface area contributed by atoms with Gasteiger partial charge in [-0.25, -0.2) is 0 Å². The molecule has 1 atom stereocenters. The number of carbonyl (C=O) groups excluding carboxylic acids is 1. The fourth-order valence-corrected chi connectivity index (χ4v) is 1.60. The molecule has 1 saturated heterocycles. The van der Waals surface area contributed by atoms with E-state index in [1.54, 1.807) is 11.1 Å². The van der Waals surface area contributed by atoms with Crippen molar-refractivity contribution >= 4 is 5.91 Å². The van der Waals surface area contributed by atoms with Crippen LogP contribution in [0.5, 0.6) is 0 Å². The van der Waals surface area contributed by atoms with Crippen molar-refractivity contribution in [3.63, 3.8) is 0 Å². The second-order valence-corrected chi connectivity index (χ2v) is 3.47. The zero-order valence-corrected chi connectivity index (χ0v) is 8.35. The van der Waals surface area contributed by atoms with Gasteiger partial charge in [-0.2, -0.15) is 5.10 Å². The first-order valence-electron chi connectivity index (χ1n) is 4.91. The van der Waals surface area contributed by atoms with E-state index in [0.29, 0.717) is 31.8 Å². The van der Waals surface area contributed by atoms with Gasteiger partial charge in [-0.05, 0) is 0 Å². The molecule has 15 heavy (non-hydrogen) atoms. The number of morpholine rings is 1.